The standard InChI is InChI=1S/C8H14N2S/c1-5-7(4)10-8(11)9-6(2)3/h1,6-7H,2-4H3,(H2,9,10,11). The fourth-order valence-corrected chi connectivity index (χ4v) is 0.955. The Morgan fingerprint density at radius 3 is 2.27 bits per heavy atom. The van der Waals surface area contributed by atoms with E-state index in [4.69, 9.17) is 18.6 Å². The molecule has 0 saturated carbocycles. The molecule has 0 aromatic carbocycles. The van der Waals surface area contributed by atoms with Gasteiger partial charge in [0.2, 0.25) is 0 Å². The van der Waals surface area contributed by atoms with Gasteiger partial charge in [-0.1, -0.05) is 5.92 Å². The van der Waals surface area contributed by atoms with Crippen LogP contribution in [0.4, 0.5) is 0 Å². The molecular formula is C8H14N2S. The molecule has 2 N–H and O–H groups in total. The third-order valence-electron chi connectivity index (χ3n) is 1.02. The van der Waals surface area contributed by atoms with Crippen molar-refractivity contribution in [2.45, 2.75) is 32.9 Å². The van der Waals surface area contributed by atoms with Gasteiger partial charge >= 0.3 is 0 Å². The van der Waals surface area contributed by atoms with Gasteiger partial charge < -0.3 is 10.6 Å². The largest absolute Gasteiger partial charge is 0.361 e. The van der Waals surface area contributed by atoms with Crippen LogP contribution in [0.3, 0.4) is 0 Å². The van der Waals surface area contributed by atoms with Crippen molar-refractivity contribution in [1.29, 1.82) is 0 Å². The number of thiocarbonyl (C=S) groups is 1. The van der Waals surface area contributed by atoms with E-state index in [1.165, 1.54) is 0 Å². The van der Waals surface area contributed by atoms with E-state index in [-0.39, 0.29) is 6.04 Å². The Balaban J connectivity index is 3.63. The van der Waals surface area contributed by atoms with Crippen LogP contribution in [0.2, 0.25) is 0 Å². The van der Waals surface area contributed by atoms with Crippen LogP contribution >= 0.6 is 12.2 Å². The minimum absolute atomic E-state index is 0.00579. The highest BCUT2D eigenvalue weighted by Gasteiger charge is 2.00. The zero-order chi connectivity index (χ0) is 8.85. The maximum Gasteiger partial charge on any atom is 0.167 e. The van der Waals surface area contributed by atoms with Crippen LogP contribution < -0.4 is 10.6 Å². The van der Waals surface area contributed by atoms with Crippen molar-refractivity contribution in [2.24, 2.45) is 0 Å². The molecule has 1 unspecified atom stereocenters. The highest BCUT2D eigenvalue weighted by atomic mass is 32.1. The highest BCUT2D eigenvalue weighted by molar-refractivity contribution is 7.80. The summed E-state index contributed by atoms with van der Waals surface area (Å²) in [6, 6.07) is 0.341. The van der Waals surface area contributed by atoms with Crippen LogP contribution in [-0.4, -0.2) is 17.2 Å². The number of rotatable bonds is 2. The average molecular weight is 170 g/mol. The van der Waals surface area contributed by atoms with E-state index in [9.17, 15) is 0 Å². The van der Waals surface area contributed by atoms with Crippen LogP contribution in [-0.2, 0) is 0 Å². The molecule has 0 aromatic rings. The van der Waals surface area contributed by atoms with Crippen LogP contribution in [0.1, 0.15) is 20.8 Å². The molecule has 0 bridgehead atoms. The monoisotopic (exact) mass is 170 g/mol. The third-order valence-corrected chi connectivity index (χ3v) is 1.25. The first-order valence-electron chi connectivity index (χ1n) is 3.59. The second-order valence-corrected chi connectivity index (χ2v) is 3.07. The molecule has 0 saturated heterocycles. The smallest absolute Gasteiger partial charge is 0.167 e. The molecule has 0 aliphatic rings. The van der Waals surface area contributed by atoms with E-state index >= 15 is 0 Å². The van der Waals surface area contributed by atoms with Crippen molar-refractivity contribution < 1.29 is 0 Å². The molecule has 0 aliphatic carbocycles. The molecule has 2 nitrogen and oxygen atoms in total. The first kappa shape index (κ1) is 10.2. The normalized spacial score (nSPS) is 11.9. The first-order valence-corrected chi connectivity index (χ1v) is 4.00. The zero-order valence-corrected chi connectivity index (χ0v) is 7.96. The minimum Gasteiger partial charge on any atom is -0.361 e. The van der Waals surface area contributed by atoms with Crippen molar-refractivity contribution in [1.82, 2.24) is 10.6 Å². The topological polar surface area (TPSA) is 24.1 Å². The van der Waals surface area contributed by atoms with Crippen molar-refractivity contribution in [2.75, 3.05) is 0 Å². The fraction of sp³-hybridized carbons (Fsp3) is 0.625. The van der Waals surface area contributed by atoms with Gasteiger partial charge in [-0.25, -0.2) is 0 Å². The van der Waals surface area contributed by atoms with Crippen LogP contribution in [0.25, 0.3) is 0 Å². The van der Waals surface area contributed by atoms with E-state index in [1.54, 1.807) is 0 Å². The summed E-state index contributed by atoms with van der Waals surface area (Å²) in [5.74, 6) is 2.53. The Labute approximate surface area is 73.8 Å². The van der Waals surface area contributed by atoms with Gasteiger partial charge in [0.15, 0.2) is 5.11 Å². The average Bonchev–Trinajstić information content (AvgIpc) is 1.85. The molecule has 0 rings (SSSR count). The Morgan fingerprint density at radius 1 is 1.36 bits per heavy atom. The van der Waals surface area contributed by atoms with Crippen LogP contribution in [0.5, 0.6) is 0 Å². The van der Waals surface area contributed by atoms with Crippen molar-refractivity contribution in [3.8, 4) is 12.3 Å². The summed E-state index contributed by atoms with van der Waals surface area (Å²) in [5.41, 5.74) is 0. The molecule has 11 heavy (non-hydrogen) atoms. The van der Waals surface area contributed by atoms with Crippen LogP contribution in [0.15, 0.2) is 0 Å². The summed E-state index contributed by atoms with van der Waals surface area (Å²) in [6.07, 6.45) is 5.15. The summed E-state index contributed by atoms with van der Waals surface area (Å²) >= 11 is 4.96. The lowest BCUT2D eigenvalue weighted by Crippen LogP contribution is -2.42. The molecular weight excluding hydrogens is 156 g/mol. The molecule has 0 spiro atoms. The van der Waals surface area contributed by atoms with Crippen molar-refractivity contribution >= 4 is 17.3 Å². The molecule has 0 aromatic heterocycles. The van der Waals surface area contributed by atoms with Gasteiger partial charge in [0, 0.05) is 6.04 Å². The molecule has 1 atom stereocenters. The van der Waals surface area contributed by atoms with Crippen LogP contribution in [0, 0.1) is 12.3 Å². The molecule has 0 heterocycles. The molecule has 0 amide bonds. The molecule has 0 aliphatic heterocycles. The summed E-state index contributed by atoms with van der Waals surface area (Å²) in [7, 11) is 0. The van der Waals surface area contributed by atoms with Gasteiger partial charge in [-0.3, -0.25) is 0 Å². The summed E-state index contributed by atoms with van der Waals surface area (Å²) in [6.45, 7) is 5.93. The minimum atomic E-state index is -0.00579. The van der Waals surface area contributed by atoms with Crippen molar-refractivity contribution in [3.05, 3.63) is 0 Å². The van der Waals surface area contributed by atoms with Gasteiger partial charge in [-0.2, -0.15) is 0 Å². The van der Waals surface area contributed by atoms with E-state index in [0.29, 0.717) is 11.2 Å². The van der Waals surface area contributed by atoms with E-state index in [1.807, 2.05) is 20.8 Å². The fourth-order valence-electron chi connectivity index (χ4n) is 0.542. The quantitative estimate of drug-likeness (QED) is 0.475. The lowest BCUT2D eigenvalue weighted by molar-refractivity contribution is 0.702. The van der Waals surface area contributed by atoms with E-state index in [2.05, 4.69) is 16.6 Å². The molecule has 3 heteroatoms. The maximum absolute atomic E-state index is 5.15. The predicted molar refractivity (Wildman–Crippen MR) is 52.3 cm³/mol. The number of hydrogen-bond donors (Lipinski definition) is 2. The first-order chi connectivity index (χ1) is 5.06. The number of terminal acetylenes is 1. The lowest BCUT2D eigenvalue weighted by Gasteiger charge is -2.14. The van der Waals surface area contributed by atoms with Gasteiger partial charge in [0.1, 0.15) is 0 Å². The van der Waals surface area contributed by atoms with Gasteiger partial charge in [0.05, 0.1) is 6.04 Å². The molecule has 62 valence electrons. The van der Waals surface area contributed by atoms with Gasteiger partial charge in [-0.15, -0.1) is 6.42 Å². The third kappa shape index (κ3) is 5.68. The Hall–Kier alpha value is -0.750. The number of nitrogens with one attached hydrogen (secondary N) is 2. The lowest BCUT2D eigenvalue weighted by atomic mass is 10.3. The van der Waals surface area contributed by atoms with E-state index in [0.717, 1.165) is 0 Å². The SMILES string of the molecule is C#CC(C)NC(=S)NC(C)C. The summed E-state index contributed by atoms with van der Waals surface area (Å²) in [5, 5.41) is 6.59. The molecule has 0 radical (unpaired) electrons. The number of hydrogen-bond acceptors (Lipinski definition) is 1. The van der Waals surface area contributed by atoms with E-state index < -0.39 is 0 Å². The van der Waals surface area contributed by atoms with Gasteiger partial charge in [-0.05, 0) is 33.0 Å². The second-order valence-electron chi connectivity index (χ2n) is 2.66. The second kappa shape index (κ2) is 4.97. The highest BCUT2D eigenvalue weighted by Crippen LogP contribution is 1.80. The Bertz CT molecular complexity index is 169. The Kier molecular flexibility index (Phi) is 4.64. The maximum atomic E-state index is 5.15. The van der Waals surface area contributed by atoms with Crippen molar-refractivity contribution in [3.63, 3.8) is 0 Å². The zero-order valence-electron chi connectivity index (χ0n) is 7.14. The summed E-state index contributed by atoms with van der Waals surface area (Å²) in [4.78, 5) is 0. The molecule has 0 fully saturated rings. The Morgan fingerprint density at radius 2 is 1.91 bits per heavy atom. The predicted octanol–water partition coefficient (Wildman–Crippen LogP) is 0.881. The van der Waals surface area contributed by atoms with Gasteiger partial charge in [0.25, 0.3) is 0 Å². The summed E-state index contributed by atoms with van der Waals surface area (Å²) < 4.78 is 0.